The molecule has 10 heteroatoms. The monoisotopic (exact) mass is 520 g/mol. The predicted molar refractivity (Wildman–Crippen MR) is 118 cm³/mol. The lowest BCUT2D eigenvalue weighted by atomic mass is 9.82. The molecule has 0 bridgehead atoms. The number of sulfonamides is 1. The first-order valence-corrected chi connectivity index (χ1v) is 11.7. The first kappa shape index (κ1) is 22.4. The third-order valence-electron chi connectivity index (χ3n) is 4.46. The number of halogens is 3. The molecule has 0 unspecified atom stereocenters. The molecule has 0 spiro atoms. The third kappa shape index (κ3) is 5.24. The number of nitrogens with one attached hydrogen (secondary N) is 1. The molecule has 0 aromatic heterocycles. The van der Waals surface area contributed by atoms with Gasteiger partial charge < -0.3 is 14.5 Å². The summed E-state index contributed by atoms with van der Waals surface area (Å²) in [6.07, 6.45) is 3.25. The van der Waals surface area contributed by atoms with Gasteiger partial charge in [-0.25, -0.2) is 13.1 Å². The summed E-state index contributed by atoms with van der Waals surface area (Å²) in [5, 5.41) is 0.585. The van der Waals surface area contributed by atoms with E-state index >= 15 is 0 Å². The van der Waals surface area contributed by atoms with Gasteiger partial charge in [-0.2, -0.15) is 0 Å². The van der Waals surface area contributed by atoms with E-state index in [1.165, 1.54) is 19.2 Å². The minimum atomic E-state index is -3.82. The molecule has 0 heterocycles. The van der Waals surface area contributed by atoms with Crippen molar-refractivity contribution in [2.75, 3.05) is 14.2 Å². The number of hydrogen-bond acceptors (Lipinski definition) is 5. The van der Waals surface area contributed by atoms with E-state index in [4.69, 9.17) is 32.7 Å². The number of rotatable bonds is 7. The summed E-state index contributed by atoms with van der Waals surface area (Å²) in [6, 6.07) is 7.63. The van der Waals surface area contributed by atoms with E-state index in [2.05, 4.69) is 25.6 Å². The van der Waals surface area contributed by atoms with Crippen LogP contribution in [0.25, 0.3) is 0 Å². The second-order valence-corrected chi connectivity index (χ2v) is 9.98. The van der Waals surface area contributed by atoms with Crippen molar-refractivity contribution in [3.8, 4) is 17.2 Å². The summed E-state index contributed by atoms with van der Waals surface area (Å²) in [5.74, 6) is 1.01. The zero-order chi connectivity index (χ0) is 21.2. The fourth-order valence-corrected chi connectivity index (χ4v) is 5.78. The molecule has 156 valence electrons. The molecule has 1 aliphatic carbocycles. The number of methoxy groups -OCH3 is 1. The van der Waals surface area contributed by atoms with Crippen LogP contribution in [0.5, 0.6) is 17.2 Å². The van der Waals surface area contributed by atoms with E-state index in [1.807, 2.05) is 6.21 Å². The van der Waals surface area contributed by atoms with Gasteiger partial charge in [0.05, 0.1) is 17.2 Å². The van der Waals surface area contributed by atoms with Crippen LogP contribution in [0.1, 0.15) is 12.8 Å². The van der Waals surface area contributed by atoms with Gasteiger partial charge in [-0.3, -0.25) is 0 Å². The fraction of sp³-hybridized carbons (Fsp3) is 0.316. The van der Waals surface area contributed by atoms with Crippen molar-refractivity contribution in [3.63, 3.8) is 0 Å². The highest BCUT2D eigenvalue weighted by Crippen LogP contribution is 2.40. The Labute approximate surface area is 188 Å². The first-order chi connectivity index (χ1) is 13.7. The summed E-state index contributed by atoms with van der Waals surface area (Å²) < 4.78 is 40.3. The van der Waals surface area contributed by atoms with E-state index < -0.39 is 10.0 Å². The lowest BCUT2D eigenvalue weighted by Crippen LogP contribution is -2.44. The summed E-state index contributed by atoms with van der Waals surface area (Å²) in [6.45, 7) is 0. The van der Waals surface area contributed by atoms with Gasteiger partial charge in [-0.15, -0.1) is 0 Å². The van der Waals surface area contributed by atoms with Gasteiger partial charge in [-0.1, -0.05) is 39.1 Å². The molecule has 0 aliphatic heterocycles. The van der Waals surface area contributed by atoms with Crippen LogP contribution in [0.2, 0.25) is 10.0 Å². The van der Waals surface area contributed by atoms with Crippen LogP contribution in [0.4, 0.5) is 0 Å². The Hall–Kier alpha value is -1.32. The largest absolute Gasteiger partial charge is 0.495 e. The summed E-state index contributed by atoms with van der Waals surface area (Å²) in [7, 11) is -0.699. The summed E-state index contributed by atoms with van der Waals surface area (Å²) >= 11 is 15.7. The molecule has 3 rings (SSSR count). The zero-order valence-electron chi connectivity index (χ0n) is 15.7. The maximum atomic E-state index is 12.9. The molecule has 29 heavy (non-hydrogen) atoms. The second kappa shape index (κ2) is 9.22. The molecule has 0 amide bonds. The zero-order valence-corrected chi connectivity index (χ0v) is 19.6. The van der Waals surface area contributed by atoms with Crippen molar-refractivity contribution in [2.45, 2.75) is 23.8 Å². The molecule has 2 aromatic rings. The van der Waals surface area contributed by atoms with E-state index in [9.17, 15) is 8.42 Å². The maximum Gasteiger partial charge on any atom is 0.244 e. The quantitative estimate of drug-likeness (QED) is 0.500. The van der Waals surface area contributed by atoms with Crippen LogP contribution in [0.15, 0.2) is 44.7 Å². The van der Waals surface area contributed by atoms with E-state index in [0.717, 1.165) is 0 Å². The third-order valence-corrected chi connectivity index (χ3v) is 7.02. The number of nitrogens with zero attached hydrogens (tertiary/aromatic N) is 1. The van der Waals surface area contributed by atoms with Crippen LogP contribution in [0, 0.1) is 5.92 Å². The van der Waals surface area contributed by atoms with Gasteiger partial charge >= 0.3 is 0 Å². The molecular weight excluding hydrogens is 503 g/mol. The minimum Gasteiger partial charge on any atom is -0.495 e. The van der Waals surface area contributed by atoms with E-state index in [0.29, 0.717) is 33.3 Å². The lowest BCUT2D eigenvalue weighted by Gasteiger charge is -2.33. The van der Waals surface area contributed by atoms with Crippen molar-refractivity contribution in [1.82, 2.24) is 4.72 Å². The average molecular weight is 522 g/mol. The molecule has 2 aromatic carbocycles. The standard InChI is InChI=1S/C19H19BrCl2N2O4S/c1-23-10-11-5-13(6-11)24-29(25,26)18-9-14(3-4-17(18)27-2)28-19-15(21)7-12(20)8-16(19)22/h3-4,7-11,13,24H,5-6H2,1-2H3/t11-,13-. The minimum absolute atomic E-state index is 0.0190. The summed E-state index contributed by atoms with van der Waals surface area (Å²) in [4.78, 5) is 3.96. The maximum absolute atomic E-state index is 12.9. The molecule has 6 nitrogen and oxygen atoms in total. The van der Waals surface area contributed by atoms with Crippen LogP contribution in [-0.2, 0) is 10.0 Å². The average Bonchev–Trinajstić information content (AvgIpc) is 2.62. The molecule has 1 fully saturated rings. The van der Waals surface area contributed by atoms with Gasteiger partial charge in [0.2, 0.25) is 10.0 Å². The lowest BCUT2D eigenvalue weighted by molar-refractivity contribution is 0.324. The molecule has 1 N–H and O–H groups in total. The Kier molecular flexibility index (Phi) is 7.11. The number of hydrogen-bond donors (Lipinski definition) is 1. The van der Waals surface area contributed by atoms with Crippen LogP contribution in [-0.4, -0.2) is 34.8 Å². The topological polar surface area (TPSA) is 77.0 Å². The Morgan fingerprint density at radius 3 is 2.45 bits per heavy atom. The van der Waals surface area contributed by atoms with Crippen molar-refractivity contribution in [3.05, 3.63) is 44.8 Å². The highest BCUT2D eigenvalue weighted by atomic mass is 79.9. The summed E-state index contributed by atoms with van der Waals surface area (Å²) in [5.41, 5.74) is 0. The van der Waals surface area contributed by atoms with E-state index in [-0.39, 0.29) is 28.2 Å². The van der Waals surface area contributed by atoms with Gasteiger partial charge in [0.15, 0.2) is 5.75 Å². The molecule has 0 radical (unpaired) electrons. The number of aliphatic imine (C=N–C) groups is 1. The fourth-order valence-electron chi connectivity index (χ4n) is 3.05. The van der Waals surface area contributed by atoms with Crippen molar-refractivity contribution >= 4 is 55.4 Å². The second-order valence-electron chi connectivity index (χ2n) is 6.57. The number of benzene rings is 2. The Morgan fingerprint density at radius 1 is 1.21 bits per heavy atom. The molecule has 0 saturated heterocycles. The number of ether oxygens (including phenoxy) is 2. The first-order valence-electron chi connectivity index (χ1n) is 8.68. The van der Waals surface area contributed by atoms with Crippen LogP contribution in [0.3, 0.4) is 0 Å². The smallest absolute Gasteiger partial charge is 0.244 e. The Balaban J connectivity index is 1.86. The highest BCUT2D eigenvalue weighted by molar-refractivity contribution is 9.10. The molecular formula is C19H19BrCl2N2O4S. The van der Waals surface area contributed by atoms with Crippen LogP contribution < -0.4 is 14.2 Å². The van der Waals surface area contributed by atoms with Gasteiger partial charge in [0, 0.05) is 29.8 Å². The van der Waals surface area contributed by atoms with Gasteiger partial charge in [0.25, 0.3) is 0 Å². The normalized spacial score (nSPS) is 19.2. The van der Waals surface area contributed by atoms with E-state index in [1.54, 1.807) is 25.2 Å². The Bertz CT molecular complexity index is 1020. The SMILES string of the molecule is CN=C[C@H]1C[C@H](NS(=O)(=O)c2cc(Oc3c(Cl)cc(Br)cc3Cl)ccc2OC)C1. The molecule has 1 saturated carbocycles. The molecule has 1 aliphatic rings. The Morgan fingerprint density at radius 2 is 1.86 bits per heavy atom. The predicted octanol–water partition coefficient (Wildman–Crippen LogP) is 5.31. The highest BCUT2D eigenvalue weighted by Gasteiger charge is 2.33. The molecule has 0 atom stereocenters. The van der Waals surface area contributed by atoms with Crippen LogP contribution >= 0.6 is 39.1 Å². The van der Waals surface area contributed by atoms with Crippen molar-refractivity contribution in [2.24, 2.45) is 10.9 Å². The van der Waals surface area contributed by atoms with Gasteiger partial charge in [-0.05, 0) is 43.0 Å². The van der Waals surface area contributed by atoms with Crippen molar-refractivity contribution in [1.29, 1.82) is 0 Å². The van der Waals surface area contributed by atoms with Crippen molar-refractivity contribution < 1.29 is 17.9 Å². The van der Waals surface area contributed by atoms with Gasteiger partial charge in [0.1, 0.15) is 16.4 Å².